The predicted molar refractivity (Wildman–Crippen MR) is 39.9 cm³/mol. The maximum Gasteiger partial charge on any atom is 0.104 e. The molecule has 0 aliphatic carbocycles. The third-order valence-corrected chi connectivity index (χ3v) is 2.25. The van der Waals surface area contributed by atoms with Crippen LogP contribution in [0.15, 0.2) is 30.6 Å². The van der Waals surface area contributed by atoms with Crippen LogP contribution in [0.25, 0.3) is 0 Å². The van der Waals surface area contributed by atoms with E-state index in [2.05, 4.69) is 17.1 Å². The molecule has 2 aliphatic heterocycles. The normalized spacial score (nSPS) is 30.9. The first-order chi connectivity index (χ1) is 5.45. The van der Waals surface area contributed by atoms with Gasteiger partial charge in [-0.05, 0) is 11.6 Å². The number of hydrogen-bond acceptors (Lipinski definition) is 2. The maximum absolute atomic E-state index is 5.59. The van der Waals surface area contributed by atoms with Crippen LogP contribution >= 0.6 is 0 Å². The zero-order valence-electron chi connectivity index (χ0n) is 5.90. The molecule has 0 radical (unpaired) electrons. The lowest BCUT2D eigenvalue weighted by molar-refractivity contribution is 0.0878. The van der Waals surface area contributed by atoms with Crippen molar-refractivity contribution in [1.82, 2.24) is 4.98 Å². The fourth-order valence-corrected chi connectivity index (χ4v) is 1.72. The summed E-state index contributed by atoms with van der Waals surface area (Å²) in [5, 5.41) is 0. The van der Waals surface area contributed by atoms with Crippen LogP contribution in [0.5, 0.6) is 0 Å². The monoisotopic (exact) mass is 145 g/mol. The topological polar surface area (TPSA) is 22.1 Å². The second-order valence-corrected chi connectivity index (χ2v) is 2.87. The van der Waals surface area contributed by atoms with Gasteiger partial charge in [0.2, 0.25) is 0 Å². The van der Waals surface area contributed by atoms with E-state index < -0.39 is 0 Å². The summed E-state index contributed by atoms with van der Waals surface area (Å²) in [7, 11) is 0. The van der Waals surface area contributed by atoms with Crippen LogP contribution in [-0.4, -0.2) is 4.98 Å². The summed E-state index contributed by atoms with van der Waals surface area (Å²) in [4.78, 5) is 4.06. The summed E-state index contributed by atoms with van der Waals surface area (Å²) < 4.78 is 5.59. The van der Waals surface area contributed by atoms with Gasteiger partial charge < -0.3 is 4.74 Å². The number of nitrogens with zero attached hydrogens (tertiary/aromatic N) is 1. The molecule has 2 nitrogen and oxygen atoms in total. The lowest BCUT2D eigenvalue weighted by atomic mass is 10.00. The van der Waals surface area contributed by atoms with Crippen molar-refractivity contribution >= 4 is 0 Å². The molecule has 2 bridgehead atoms. The van der Waals surface area contributed by atoms with Crippen LogP contribution in [0.2, 0.25) is 0 Å². The zero-order chi connectivity index (χ0) is 7.26. The standard InChI is InChI=1S/C9H7NO/c1-2-9-7-5-10-4-3-6(7)8(1)11-9/h1-5,8-9H/t8-,9+/m1/s1. The maximum atomic E-state index is 5.59. The SMILES string of the molecule is C1=C[C@H]2O[C@@H]1c1cnccc12. The molecule has 0 spiro atoms. The van der Waals surface area contributed by atoms with Gasteiger partial charge in [0.05, 0.1) is 0 Å². The van der Waals surface area contributed by atoms with Crippen LogP contribution in [-0.2, 0) is 4.74 Å². The molecule has 2 heteroatoms. The zero-order valence-corrected chi connectivity index (χ0v) is 5.90. The smallest absolute Gasteiger partial charge is 0.104 e. The number of ether oxygens (including phenoxy) is 1. The van der Waals surface area contributed by atoms with Gasteiger partial charge in [-0.25, -0.2) is 0 Å². The lowest BCUT2D eigenvalue weighted by Gasteiger charge is -2.03. The minimum atomic E-state index is 0.184. The van der Waals surface area contributed by atoms with Crippen LogP contribution in [0.1, 0.15) is 23.3 Å². The molecule has 11 heavy (non-hydrogen) atoms. The molecule has 1 aromatic heterocycles. The number of hydrogen-bond donors (Lipinski definition) is 0. The second kappa shape index (κ2) is 1.71. The minimum Gasteiger partial charge on any atom is -0.357 e. The lowest BCUT2D eigenvalue weighted by Crippen LogP contribution is -1.92. The predicted octanol–water partition coefficient (Wildman–Crippen LogP) is 1.76. The fourth-order valence-electron chi connectivity index (χ4n) is 1.72. The van der Waals surface area contributed by atoms with E-state index in [-0.39, 0.29) is 12.2 Å². The molecule has 3 heterocycles. The van der Waals surface area contributed by atoms with Crippen molar-refractivity contribution in [3.63, 3.8) is 0 Å². The van der Waals surface area contributed by atoms with Gasteiger partial charge >= 0.3 is 0 Å². The van der Waals surface area contributed by atoms with Gasteiger partial charge in [0, 0.05) is 18.0 Å². The van der Waals surface area contributed by atoms with Crippen molar-refractivity contribution in [1.29, 1.82) is 0 Å². The van der Waals surface area contributed by atoms with Crippen molar-refractivity contribution < 1.29 is 4.74 Å². The fraction of sp³-hybridized carbons (Fsp3) is 0.222. The first-order valence-electron chi connectivity index (χ1n) is 3.73. The van der Waals surface area contributed by atoms with E-state index in [1.54, 1.807) is 0 Å². The first-order valence-corrected chi connectivity index (χ1v) is 3.73. The Balaban J connectivity index is 2.28. The molecule has 2 atom stereocenters. The summed E-state index contributed by atoms with van der Waals surface area (Å²) in [5.41, 5.74) is 2.52. The number of aromatic nitrogens is 1. The molecule has 2 aliphatic rings. The quantitative estimate of drug-likeness (QED) is 0.519. The summed E-state index contributed by atoms with van der Waals surface area (Å²) in [6.07, 6.45) is 8.30. The summed E-state index contributed by atoms with van der Waals surface area (Å²) >= 11 is 0. The second-order valence-electron chi connectivity index (χ2n) is 2.87. The van der Waals surface area contributed by atoms with E-state index in [0.717, 1.165) is 0 Å². The van der Waals surface area contributed by atoms with E-state index in [4.69, 9.17) is 4.74 Å². The average molecular weight is 145 g/mol. The third-order valence-electron chi connectivity index (χ3n) is 2.25. The third kappa shape index (κ3) is 0.576. The molecule has 1 aromatic rings. The molecule has 0 aromatic carbocycles. The highest BCUT2D eigenvalue weighted by Gasteiger charge is 2.32. The highest BCUT2D eigenvalue weighted by Crippen LogP contribution is 2.44. The van der Waals surface area contributed by atoms with Crippen molar-refractivity contribution in [3.8, 4) is 0 Å². The Bertz CT molecular complexity index is 301. The first kappa shape index (κ1) is 5.49. The van der Waals surface area contributed by atoms with E-state index in [0.29, 0.717) is 0 Å². The Hall–Kier alpha value is -1.15. The molecule has 0 amide bonds. The highest BCUT2D eigenvalue weighted by atomic mass is 16.5. The molecular weight excluding hydrogens is 138 g/mol. The Morgan fingerprint density at radius 2 is 2.00 bits per heavy atom. The molecule has 54 valence electrons. The molecule has 0 saturated carbocycles. The van der Waals surface area contributed by atoms with Gasteiger partial charge in [-0.1, -0.05) is 12.2 Å². The van der Waals surface area contributed by atoms with E-state index >= 15 is 0 Å². The summed E-state index contributed by atoms with van der Waals surface area (Å²) in [5.74, 6) is 0. The minimum absolute atomic E-state index is 0.184. The van der Waals surface area contributed by atoms with Crippen molar-refractivity contribution in [2.75, 3.05) is 0 Å². The van der Waals surface area contributed by atoms with Crippen molar-refractivity contribution in [3.05, 3.63) is 41.7 Å². The van der Waals surface area contributed by atoms with Gasteiger partial charge in [0.15, 0.2) is 0 Å². The molecule has 3 rings (SSSR count). The number of rotatable bonds is 0. The Morgan fingerprint density at radius 3 is 2.82 bits per heavy atom. The van der Waals surface area contributed by atoms with E-state index in [1.165, 1.54) is 11.1 Å². The van der Waals surface area contributed by atoms with E-state index in [9.17, 15) is 0 Å². The largest absolute Gasteiger partial charge is 0.357 e. The summed E-state index contributed by atoms with van der Waals surface area (Å²) in [6, 6.07) is 2.03. The molecule has 0 unspecified atom stereocenters. The van der Waals surface area contributed by atoms with E-state index in [1.807, 2.05) is 18.5 Å². The van der Waals surface area contributed by atoms with Crippen molar-refractivity contribution in [2.45, 2.75) is 12.2 Å². The molecular formula is C9H7NO. The average Bonchev–Trinajstić information content (AvgIpc) is 2.64. The molecule has 0 saturated heterocycles. The van der Waals surface area contributed by atoms with Gasteiger partial charge in [-0.2, -0.15) is 0 Å². The van der Waals surface area contributed by atoms with Crippen LogP contribution in [0.4, 0.5) is 0 Å². The van der Waals surface area contributed by atoms with Crippen molar-refractivity contribution in [2.24, 2.45) is 0 Å². The highest BCUT2D eigenvalue weighted by molar-refractivity contribution is 5.40. The molecule has 0 fully saturated rings. The Labute approximate surface area is 64.5 Å². The van der Waals surface area contributed by atoms with Gasteiger partial charge in [-0.15, -0.1) is 0 Å². The van der Waals surface area contributed by atoms with Gasteiger partial charge in [0.1, 0.15) is 12.2 Å². The van der Waals surface area contributed by atoms with Gasteiger partial charge in [0.25, 0.3) is 0 Å². The molecule has 0 N–H and O–H groups in total. The Morgan fingerprint density at radius 1 is 1.18 bits per heavy atom. The van der Waals surface area contributed by atoms with Crippen LogP contribution < -0.4 is 0 Å². The van der Waals surface area contributed by atoms with Crippen LogP contribution in [0, 0.1) is 0 Å². The van der Waals surface area contributed by atoms with Gasteiger partial charge in [-0.3, -0.25) is 4.98 Å². The Kier molecular flexibility index (Phi) is 0.855. The number of fused-ring (bicyclic) bond motifs is 5. The number of pyridine rings is 1. The van der Waals surface area contributed by atoms with Crippen LogP contribution in [0.3, 0.4) is 0 Å². The summed E-state index contributed by atoms with van der Waals surface area (Å²) in [6.45, 7) is 0.